The van der Waals surface area contributed by atoms with Gasteiger partial charge < -0.3 is 83.4 Å². The van der Waals surface area contributed by atoms with Crippen LogP contribution in [0.25, 0.3) is 0 Å². The van der Waals surface area contributed by atoms with Crippen LogP contribution in [0.1, 0.15) is 26.2 Å². The maximum absolute atomic E-state index is 12.7. The molecule has 1 fully saturated rings. The van der Waals surface area contributed by atoms with Gasteiger partial charge in [0.05, 0.1) is 37.9 Å². The fourth-order valence-corrected chi connectivity index (χ4v) is 4.86. The van der Waals surface area contributed by atoms with Gasteiger partial charge in [0.15, 0.2) is 6.29 Å². The molecule has 0 spiro atoms. The van der Waals surface area contributed by atoms with E-state index in [0.717, 1.165) is 0 Å². The molecule has 16 N–H and O–H groups in total. The Hall–Kier alpha value is -1.55. The molecule has 0 bridgehead atoms. The zero-order valence-corrected chi connectivity index (χ0v) is 25.0. The predicted octanol–water partition coefficient (Wildman–Crippen LogP) is -5.79. The van der Waals surface area contributed by atoms with E-state index in [9.17, 15) is 30.3 Å². The number of nitrogens with two attached hydrogens (primary N) is 4. The zero-order chi connectivity index (χ0) is 32.1. The second-order valence-electron chi connectivity index (χ2n) is 10.8. The third kappa shape index (κ3) is 11.1. The number of aliphatic hydroxyl groups is 5. The Morgan fingerprint density at radius 2 is 1.91 bits per heavy atom. The highest BCUT2D eigenvalue weighted by Gasteiger charge is 2.49. The first-order valence-electron chi connectivity index (χ1n) is 14.7. The van der Waals surface area contributed by atoms with Crippen molar-refractivity contribution in [2.45, 2.75) is 99.6 Å². The van der Waals surface area contributed by atoms with Gasteiger partial charge in [0.25, 0.3) is 0 Å². The number of hydrogen-bond donors (Lipinski definition) is 12. The van der Waals surface area contributed by atoms with Crippen LogP contribution < -0.4 is 38.9 Å². The molecule has 0 radical (unpaired) electrons. The Bertz CT molecular complexity index is 846. The molecule has 0 saturated heterocycles. The number of aliphatic hydroxyl groups excluding tert-OH is 5. The number of nitrogens with one attached hydrogen (secondary N) is 3. The van der Waals surface area contributed by atoms with Crippen LogP contribution in [0.15, 0.2) is 11.8 Å². The van der Waals surface area contributed by atoms with Crippen LogP contribution in [0.2, 0.25) is 0 Å². The number of hydrogen-bond acceptors (Lipinski definition) is 16. The van der Waals surface area contributed by atoms with E-state index in [1.165, 1.54) is 0 Å². The first-order chi connectivity index (χ1) is 20.5. The molecule has 1 heterocycles. The zero-order valence-electron chi connectivity index (χ0n) is 25.0. The van der Waals surface area contributed by atoms with Crippen molar-refractivity contribution in [3.63, 3.8) is 0 Å². The van der Waals surface area contributed by atoms with Gasteiger partial charge in [-0.25, -0.2) is 0 Å². The number of carbonyl (C=O) groups is 1. The van der Waals surface area contributed by atoms with Gasteiger partial charge in [-0.05, 0) is 45.9 Å². The van der Waals surface area contributed by atoms with Crippen molar-refractivity contribution in [1.29, 1.82) is 0 Å². The summed E-state index contributed by atoms with van der Waals surface area (Å²) in [7, 11) is 1.63. The third-order valence-electron chi connectivity index (χ3n) is 7.58. The molecule has 12 atom stereocenters. The molecule has 1 unspecified atom stereocenters. The molecule has 1 aliphatic carbocycles. The second-order valence-corrected chi connectivity index (χ2v) is 10.8. The van der Waals surface area contributed by atoms with Gasteiger partial charge in [-0.1, -0.05) is 0 Å². The maximum Gasteiger partial charge on any atom is 0.249 e. The van der Waals surface area contributed by atoms with E-state index >= 15 is 0 Å². The molecule has 0 aromatic rings. The first kappa shape index (κ1) is 37.6. The molecule has 0 aromatic carbocycles. The van der Waals surface area contributed by atoms with Crippen molar-refractivity contribution in [3.05, 3.63) is 11.8 Å². The van der Waals surface area contributed by atoms with Gasteiger partial charge >= 0.3 is 0 Å². The minimum Gasteiger partial charge on any atom is -0.467 e. The highest BCUT2D eigenvalue weighted by molar-refractivity contribution is 5.80. The Morgan fingerprint density at radius 1 is 1.19 bits per heavy atom. The van der Waals surface area contributed by atoms with Gasteiger partial charge in [0.1, 0.15) is 36.3 Å². The van der Waals surface area contributed by atoms with Crippen molar-refractivity contribution in [2.75, 3.05) is 46.4 Å². The van der Waals surface area contributed by atoms with Crippen LogP contribution in [0.5, 0.6) is 0 Å². The molecule has 1 amide bonds. The van der Waals surface area contributed by atoms with E-state index in [2.05, 4.69) is 16.0 Å². The number of likely N-dealkylation sites (N-methyl/N-ethyl adjacent to an activating group) is 1. The van der Waals surface area contributed by atoms with E-state index in [-0.39, 0.29) is 52.2 Å². The lowest BCUT2D eigenvalue weighted by Crippen LogP contribution is -2.67. The van der Waals surface area contributed by atoms with Crippen molar-refractivity contribution in [3.8, 4) is 0 Å². The van der Waals surface area contributed by atoms with Crippen LogP contribution in [-0.2, 0) is 23.7 Å². The maximum atomic E-state index is 12.7. The smallest absolute Gasteiger partial charge is 0.249 e. The standard InChI is InChI=1S/C26H53N7O10/c1-13(31-2)20(37)26(40-8-7-34)43-23-18(33-24(39)19(36)5-6-27)9-16(30)22(21(23)38)42-25-17(32-12-14(35)10-28)4-3-15(11-29)41-25/h3,13-14,16-23,25-26,31-32,34-38H,4-12,27-30H2,1-2H3,(H,33,39)/t13-,14?,16-,17+,18+,19-,20+,21-,22+,23-,25+,26+/m0/s1. The fourth-order valence-electron chi connectivity index (χ4n) is 4.86. The normalized spacial score (nSPS) is 31.3. The number of amides is 1. The number of rotatable bonds is 19. The molecule has 1 saturated carbocycles. The van der Waals surface area contributed by atoms with Crippen molar-refractivity contribution < 1.29 is 49.3 Å². The lowest BCUT2D eigenvalue weighted by atomic mass is 9.83. The fraction of sp³-hybridized carbons (Fsp3) is 0.885. The summed E-state index contributed by atoms with van der Waals surface area (Å²) in [4.78, 5) is 12.7. The monoisotopic (exact) mass is 623 g/mol. The lowest BCUT2D eigenvalue weighted by Gasteiger charge is -2.46. The highest BCUT2D eigenvalue weighted by atomic mass is 16.7. The molecular formula is C26H53N7O10. The predicted molar refractivity (Wildman–Crippen MR) is 155 cm³/mol. The Labute approximate surface area is 252 Å². The third-order valence-corrected chi connectivity index (χ3v) is 7.58. The second kappa shape index (κ2) is 19.1. The van der Waals surface area contributed by atoms with Gasteiger partial charge in [-0.2, -0.15) is 0 Å². The minimum absolute atomic E-state index is 0.00824. The SMILES string of the molecule is CN[C@@H](C)[C@@H](O)[C@H](OCCO)O[C@@H]1[C@@H](O)[C@H](O[C@H]2OC(CN)=CC[C@H]2NCC(O)CN)[C@@H](N)C[C@H]1NC(=O)[C@@H](O)CCN. The molecule has 17 heteroatoms. The van der Waals surface area contributed by atoms with Crippen molar-refractivity contribution in [2.24, 2.45) is 22.9 Å². The highest BCUT2D eigenvalue weighted by Crippen LogP contribution is 2.30. The van der Waals surface area contributed by atoms with E-state index < -0.39 is 79.3 Å². The quantitative estimate of drug-likeness (QED) is 0.0596. The van der Waals surface area contributed by atoms with E-state index in [1.807, 2.05) is 0 Å². The molecule has 2 rings (SSSR count). The summed E-state index contributed by atoms with van der Waals surface area (Å²) in [6.07, 6.45) is -7.35. The van der Waals surface area contributed by atoms with Crippen molar-refractivity contribution >= 4 is 5.91 Å². The summed E-state index contributed by atoms with van der Waals surface area (Å²) in [6, 6.07) is -2.78. The summed E-state index contributed by atoms with van der Waals surface area (Å²) in [5, 5.41) is 60.7. The van der Waals surface area contributed by atoms with Gasteiger partial charge in [0.2, 0.25) is 12.2 Å². The van der Waals surface area contributed by atoms with Crippen molar-refractivity contribution in [1.82, 2.24) is 16.0 Å². The molecule has 252 valence electrons. The summed E-state index contributed by atoms with van der Waals surface area (Å²) in [5.74, 6) is -0.273. The number of carbonyl (C=O) groups excluding carboxylic acids is 1. The van der Waals surface area contributed by atoms with Crippen LogP contribution in [0.4, 0.5) is 0 Å². The molecule has 2 aliphatic rings. The average Bonchev–Trinajstić information content (AvgIpc) is 3.00. The van der Waals surface area contributed by atoms with E-state index in [4.69, 9.17) is 41.9 Å². The Morgan fingerprint density at radius 3 is 2.51 bits per heavy atom. The van der Waals surface area contributed by atoms with Crippen LogP contribution >= 0.6 is 0 Å². The summed E-state index contributed by atoms with van der Waals surface area (Å²) < 4.78 is 23.9. The van der Waals surface area contributed by atoms with Crippen LogP contribution in [0, 0.1) is 0 Å². The Kier molecular flexibility index (Phi) is 16.7. The average molecular weight is 624 g/mol. The Balaban J connectivity index is 2.35. The lowest BCUT2D eigenvalue weighted by molar-refractivity contribution is -0.273. The summed E-state index contributed by atoms with van der Waals surface area (Å²) in [6.45, 7) is 1.52. The first-order valence-corrected chi connectivity index (χ1v) is 14.7. The van der Waals surface area contributed by atoms with Gasteiger partial charge in [-0.3, -0.25) is 4.79 Å². The topological polar surface area (TPSA) is 295 Å². The molecule has 43 heavy (non-hydrogen) atoms. The summed E-state index contributed by atoms with van der Waals surface area (Å²) >= 11 is 0. The molecular weight excluding hydrogens is 570 g/mol. The molecule has 0 aromatic heterocycles. The van der Waals surface area contributed by atoms with Gasteiger partial charge in [0, 0.05) is 25.2 Å². The van der Waals surface area contributed by atoms with E-state index in [0.29, 0.717) is 12.2 Å². The largest absolute Gasteiger partial charge is 0.467 e. The van der Waals surface area contributed by atoms with Crippen LogP contribution in [0.3, 0.4) is 0 Å². The molecule has 1 aliphatic heterocycles. The van der Waals surface area contributed by atoms with E-state index in [1.54, 1.807) is 20.0 Å². The number of ether oxygens (including phenoxy) is 4. The minimum atomic E-state index is -1.50. The van der Waals surface area contributed by atoms with Crippen LogP contribution in [-0.4, -0.2) is 151 Å². The van der Waals surface area contributed by atoms with Gasteiger partial charge in [-0.15, -0.1) is 0 Å². The molecule has 17 nitrogen and oxygen atoms in total. The summed E-state index contributed by atoms with van der Waals surface area (Å²) in [5.41, 5.74) is 23.3.